The molecule has 7 heteroatoms. The number of rotatable bonds is 4. The van der Waals surface area contributed by atoms with Crippen molar-refractivity contribution in [2.24, 2.45) is 0 Å². The molecule has 1 saturated heterocycles. The second-order valence-corrected chi connectivity index (χ2v) is 8.54. The summed E-state index contributed by atoms with van der Waals surface area (Å²) in [5.41, 5.74) is 2.06. The molecule has 1 atom stereocenters. The van der Waals surface area contributed by atoms with Crippen LogP contribution in [-0.2, 0) is 14.8 Å². The number of ether oxygens (including phenoxy) is 1. The number of halogens is 1. The topological polar surface area (TPSA) is 49.9 Å². The monoisotopic (exact) mass is 380 g/mol. The minimum absolute atomic E-state index is 0.212. The van der Waals surface area contributed by atoms with Crippen LogP contribution in [0.2, 0.25) is 5.02 Å². The highest BCUT2D eigenvalue weighted by atomic mass is 35.5. The van der Waals surface area contributed by atoms with Crippen LogP contribution in [0.4, 0.5) is 5.69 Å². The van der Waals surface area contributed by atoms with Crippen molar-refractivity contribution in [1.29, 1.82) is 0 Å². The Kier molecular flexibility index (Phi) is 5.34. The molecule has 2 aromatic rings. The molecule has 0 aromatic heterocycles. The predicted molar refractivity (Wildman–Crippen MR) is 99.7 cm³/mol. The first kappa shape index (κ1) is 18.2. The second kappa shape index (κ2) is 7.33. The number of hydrogen-bond donors (Lipinski definition) is 0. The van der Waals surface area contributed by atoms with Gasteiger partial charge < -0.3 is 9.64 Å². The number of morpholine rings is 1. The van der Waals surface area contributed by atoms with Crippen LogP contribution in [0.1, 0.15) is 11.7 Å². The summed E-state index contributed by atoms with van der Waals surface area (Å²) in [4.78, 5) is 2.23. The normalized spacial score (nSPS) is 18.9. The van der Waals surface area contributed by atoms with Crippen LogP contribution >= 0.6 is 11.6 Å². The molecule has 0 bridgehead atoms. The van der Waals surface area contributed by atoms with Gasteiger partial charge >= 0.3 is 0 Å². The molecule has 1 fully saturated rings. The maximum atomic E-state index is 12.9. The molecule has 0 amide bonds. The zero-order valence-electron chi connectivity index (χ0n) is 14.2. The van der Waals surface area contributed by atoms with Crippen molar-refractivity contribution < 1.29 is 13.2 Å². The number of benzene rings is 2. The summed E-state index contributed by atoms with van der Waals surface area (Å²) in [5.74, 6) is 0. The van der Waals surface area contributed by atoms with Gasteiger partial charge in [-0.25, -0.2) is 8.42 Å². The van der Waals surface area contributed by atoms with Gasteiger partial charge in [-0.05, 0) is 35.9 Å². The average Bonchev–Trinajstić information content (AvgIpc) is 2.62. The van der Waals surface area contributed by atoms with Crippen LogP contribution in [0, 0.1) is 0 Å². The van der Waals surface area contributed by atoms with Gasteiger partial charge in [0.2, 0.25) is 10.0 Å². The summed E-state index contributed by atoms with van der Waals surface area (Å²) in [6.07, 6.45) is -0.279. The lowest BCUT2D eigenvalue weighted by molar-refractivity contribution is -0.00254. The highest BCUT2D eigenvalue weighted by molar-refractivity contribution is 7.89. The van der Waals surface area contributed by atoms with Gasteiger partial charge in [0.1, 0.15) is 0 Å². The minimum atomic E-state index is -3.59. The van der Waals surface area contributed by atoms with Crippen LogP contribution in [0.5, 0.6) is 0 Å². The summed E-state index contributed by atoms with van der Waals surface area (Å²) in [7, 11) is 0.369. The minimum Gasteiger partial charge on any atom is -0.378 e. The Hall–Kier alpha value is -1.60. The van der Waals surface area contributed by atoms with Gasteiger partial charge in [-0.1, -0.05) is 29.8 Å². The SMILES string of the molecule is CN(C)c1ccc(C2CN(S(=O)(=O)c3cccc(Cl)c3)CCO2)cc1. The van der Waals surface area contributed by atoms with Crippen LogP contribution in [0.15, 0.2) is 53.4 Å². The molecule has 1 heterocycles. The van der Waals surface area contributed by atoms with E-state index in [1.54, 1.807) is 18.2 Å². The lowest BCUT2D eigenvalue weighted by Crippen LogP contribution is -2.42. The lowest BCUT2D eigenvalue weighted by atomic mass is 10.1. The molecular formula is C18H21ClN2O3S. The van der Waals surface area contributed by atoms with Gasteiger partial charge in [0.15, 0.2) is 0 Å². The van der Waals surface area contributed by atoms with E-state index in [0.717, 1.165) is 11.3 Å². The summed E-state index contributed by atoms with van der Waals surface area (Å²) in [6, 6.07) is 14.3. The van der Waals surface area contributed by atoms with Crippen LogP contribution in [-0.4, -0.2) is 46.5 Å². The van der Waals surface area contributed by atoms with Gasteiger partial charge in [0.25, 0.3) is 0 Å². The molecule has 0 radical (unpaired) electrons. The first-order valence-electron chi connectivity index (χ1n) is 8.02. The van der Waals surface area contributed by atoms with E-state index in [-0.39, 0.29) is 17.5 Å². The summed E-state index contributed by atoms with van der Waals surface area (Å²) in [6.45, 7) is 0.983. The van der Waals surface area contributed by atoms with E-state index >= 15 is 0 Å². The van der Waals surface area contributed by atoms with Gasteiger partial charge in [-0.2, -0.15) is 4.31 Å². The van der Waals surface area contributed by atoms with Crippen molar-refractivity contribution >= 4 is 27.3 Å². The summed E-state index contributed by atoms with van der Waals surface area (Å²) in [5, 5.41) is 0.408. The van der Waals surface area contributed by atoms with Crippen molar-refractivity contribution in [1.82, 2.24) is 4.31 Å². The Morgan fingerprint density at radius 3 is 2.52 bits per heavy atom. The van der Waals surface area contributed by atoms with Gasteiger partial charge in [-0.15, -0.1) is 0 Å². The Labute approximate surface area is 153 Å². The third-order valence-electron chi connectivity index (χ3n) is 4.24. The fraction of sp³-hybridized carbons (Fsp3) is 0.333. The number of hydrogen-bond acceptors (Lipinski definition) is 4. The highest BCUT2D eigenvalue weighted by Gasteiger charge is 2.31. The Morgan fingerprint density at radius 2 is 1.88 bits per heavy atom. The number of anilines is 1. The van der Waals surface area contributed by atoms with Crippen molar-refractivity contribution in [2.45, 2.75) is 11.0 Å². The van der Waals surface area contributed by atoms with Crippen LogP contribution < -0.4 is 4.90 Å². The molecule has 3 rings (SSSR count). The molecule has 1 aliphatic rings. The molecule has 0 saturated carbocycles. The fourth-order valence-electron chi connectivity index (χ4n) is 2.81. The maximum absolute atomic E-state index is 12.9. The Balaban J connectivity index is 1.81. The molecule has 25 heavy (non-hydrogen) atoms. The molecule has 5 nitrogen and oxygen atoms in total. The molecule has 2 aromatic carbocycles. The van der Waals surface area contributed by atoms with E-state index in [2.05, 4.69) is 0 Å². The highest BCUT2D eigenvalue weighted by Crippen LogP contribution is 2.28. The molecular weight excluding hydrogens is 360 g/mol. The predicted octanol–water partition coefficient (Wildman–Crippen LogP) is 3.17. The van der Waals surface area contributed by atoms with Crippen molar-refractivity contribution in [3.63, 3.8) is 0 Å². The van der Waals surface area contributed by atoms with E-state index in [4.69, 9.17) is 16.3 Å². The smallest absolute Gasteiger partial charge is 0.243 e. The van der Waals surface area contributed by atoms with E-state index < -0.39 is 10.0 Å². The lowest BCUT2D eigenvalue weighted by Gasteiger charge is -2.32. The molecule has 0 spiro atoms. The zero-order valence-corrected chi connectivity index (χ0v) is 15.8. The fourth-order valence-corrected chi connectivity index (χ4v) is 4.54. The number of sulfonamides is 1. The Bertz CT molecular complexity index is 838. The van der Waals surface area contributed by atoms with Crippen molar-refractivity contribution in [2.75, 3.05) is 38.7 Å². The van der Waals surface area contributed by atoms with E-state index in [9.17, 15) is 8.42 Å². The van der Waals surface area contributed by atoms with Crippen molar-refractivity contribution in [3.8, 4) is 0 Å². The molecule has 0 aliphatic carbocycles. The first-order chi connectivity index (χ1) is 11.9. The van der Waals surface area contributed by atoms with Gasteiger partial charge in [0.05, 0.1) is 17.6 Å². The first-order valence-corrected chi connectivity index (χ1v) is 9.84. The number of nitrogens with zero attached hydrogens (tertiary/aromatic N) is 2. The Morgan fingerprint density at radius 1 is 1.16 bits per heavy atom. The molecule has 134 valence electrons. The van der Waals surface area contributed by atoms with E-state index in [1.807, 2.05) is 43.3 Å². The van der Waals surface area contributed by atoms with Gasteiger partial charge in [-0.3, -0.25) is 0 Å². The second-order valence-electron chi connectivity index (χ2n) is 6.17. The molecule has 0 N–H and O–H groups in total. The summed E-state index contributed by atoms with van der Waals surface area (Å²) < 4.78 is 33.0. The third kappa shape index (κ3) is 3.98. The summed E-state index contributed by atoms with van der Waals surface area (Å²) >= 11 is 5.94. The maximum Gasteiger partial charge on any atom is 0.243 e. The van der Waals surface area contributed by atoms with Crippen LogP contribution in [0.25, 0.3) is 0 Å². The van der Waals surface area contributed by atoms with Gasteiger partial charge in [0, 0.05) is 37.9 Å². The standard InChI is InChI=1S/C18H21ClN2O3S/c1-20(2)16-8-6-14(7-9-16)18-13-21(10-11-24-18)25(22,23)17-5-3-4-15(19)12-17/h3-9,12,18H,10-11,13H2,1-2H3. The average molecular weight is 381 g/mol. The van der Waals surface area contributed by atoms with E-state index in [1.165, 1.54) is 10.4 Å². The quantitative estimate of drug-likeness (QED) is 0.817. The van der Waals surface area contributed by atoms with Crippen LogP contribution in [0.3, 0.4) is 0 Å². The third-order valence-corrected chi connectivity index (χ3v) is 6.34. The van der Waals surface area contributed by atoms with Crippen molar-refractivity contribution in [3.05, 3.63) is 59.1 Å². The van der Waals surface area contributed by atoms with E-state index in [0.29, 0.717) is 18.2 Å². The zero-order chi connectivity index (χ0) is 18.0. The molecule has 1 unspecified atom stereocenters. The largest absolute Gasteiger partial charge is 0.378 e. The molecule has 1 aliphatic heterocycles.